The van der Waals surface area contributed by atoms with Crippen LogP contribution in [0.3, 0.4) is 0 Å². The van der Waals surface area contributed by atoms with E-state index in [0.29, 0.717) is 26.7 Å². The highest BCUT2D eigenvalue weighted by molar-refractivity contribution is 7.99. The van der Waals surface area contributed by atoms with Crippen molar-refractivity contribution in [1.82, 2.24) is 15.0 Å². The average molecular weight is 416 g/mol. The summed E-state index contributed by atoms with van der Waals surface area (Å²) in [5, 5.41) is 5.24. The van der Waals surface area contributed by atoms with Crippen molar-refractivity contribution < 1.29 is 4.74 Å². The molecule has 0 fully saturated rings. The van der Waals surface area contributed by atoms with E-state index in [1.807, 2.05) is 42.5 Å². The number of aromatic nitrogens is 3. The predicted molar refractivity (Wildman–Crippen MR) is 111 cm³/mol. The Labute approximate surface area is 168 Å². The monoisotopic (exact) mass is 415 g/mol. The maximum atomic E-state index is 6.27. The molecule has 136 valence electrons. The number of ether oxygens (including phenoxy) is 1. The van der Waals surface area contributed by atoms with Crippen molar-refractivity contribution in [3.05, 3.63) is 53.8 Å². The number of hydrogen-bond acceptors (Lipinski definition) is 8. The Kier molecular flexibility index (Phi) is 5.02. The highest BCUT2D eigenvalue weighted by Gasteiger charge is 2.12. The van der Waals surface area contributed by atoms with Crippen LogP contribution in [0.25, 0.3) is 10.2 Å². The maximum Gasteiger partial charge on any atom is 0.189 e. The summed E-state index contributed by atoms with van der Waals surface area (Å²) in [5.74, 6) is 1.31. The van der Waals surface area contributed by atoms with Crippen LogP contribution in [0.1, 0.15) is 0 Å². The number of nitrogens with one attached hydrogen (secondary N) is 1. The second-order valence-electron chi connectivity index (χ2n) is 5.47. The minimum absolute atomic E-state index is 0.467. The third-order valence-corrected chi connectivity index (χ3v) is 5.91. The SMILES string of the molecule is COc1ccc2nc(Nc3ncnc(Sc4ccc(Cl)cc4)c3N)sc2c1. The van der Waals surface area contributed by atoms with Gasteiger partial charge in [0, 0.05) is 9.92 Å². The van der Waals surface area contributed by atoms with Gasteiger partial charge in [-0.25, -0.2) is 15.0 Å². The minimum atomic E-state index is 0.467. The van der Waals surface area contributed by atoms with Crippen LogP contribution >= 0.6 is 34.7 Å². The standard InChI is InChI=1S/C18H14ClN5OS2/c1-25-11-4-7-13-14(8-11)27-18(23-13)24-16-15(20)17(22-9-21-16)26-12-5-2-10(19)3-6-12/h2-9H,20H2,1H3,(H,21,22,23,24). The molecule has 0 bridgehead atoms. The molecule has 0 amide bonds. The van der Waals surface area contributed by atoms with Gasteiger partial charge in [-0.3, -0.25) is 0 Å². The number of anilines is 3. The van der Waals surface area contributed by atoms with Crippen molar-refractivity contribution in [2.45, 2.75) is 9.92 Å². The lowest BCUT2D eigenvalue weighted by atomic mass is 10.3. The molecule has 6 nitrogen and oxygen atoms in total. The van der Waals surface area contributed by atoms with Crippen LogP contribution in [-0.2, 0) is 0 Å². The number of nitrogens with zero attached hydrogens (tertiary/aromatic N) is 3. The van der Waals surface area contributed by atoms with E-state index in [4.69, 9.17) is 22.1 Å². The fourth-order valence-corrected chi connectivity index (χ4v) is 4.18. The Morgan fingerprint density at radius 2 is 1.96 bits per heavy atom. The normalized spacial score (nSPS) is 10.9. The molecule has 4 rings (SSSR count). The number of nitrogen functional groups attached to an aromatic ring is 1. The van der Waals surface area contributed by atoms with Gasteiger partial charge >= 0.3 is 0 Å². The lowest BCUT2D eigenvalue weighted by molar-refractivity contribution is 0.415. The van der Waals surface area contributed by atoms with Crippen molar-refractivity contribution in [2.75, 3.05) is 18.2 Å². The molecule has 0 aliphatic heterocycles. The Morgan fingerprint density at radius 1 is 1.15 bits per heavy atom. The van der Waals surface area contributed by atoms with Gasteiger partial charge in [-0.15, -0.1) is 0 Å². The lowest BCUT2D eigenvalue weighted by Gasteiger charge is -2.09. The van der Waals surface area contributed by atoms with Crippen LogP contribution in [0.15, 0.2) is 58.7 Å². The Morgan fingerprint density at radius 3 is 2.74 bits per heavy atom. The van der Waals surface area contributed by atoms with Crippen molar-refractivity contribution in [3.63, 3.8) is 0 Å². The van der Waals surface area contributed by atoms with E-state index in [1.54, 1.807) is 7.11 Å². The maximum absolute atomic E-state index is 6.27. The van der Waals surface area contributed by atoms with Crippen LogP contribution < -0.4 is 15.8 Å². The van der Waals surface area contributed by atoms with E-state index in [-0.39, 0.29) is 0 Å². The second-order valence-corrected chi connectivity index (χ2v) is 8.00. The molecule has 0 spiro atoms. The molecule has 0 aliphatic rings. The summed E-state index contributed by atoms with van der Waals surface area (Å²) in [5.41, 5.74) is 7.62. The summed E-state index contributed by atoms with van der Waals surface area (Å²) in [4.78, 5) is 14.1. The Hall–Kier alpha value is -2.55. The molecule has 0 saturated heterocycles. The van der Waals surface area contributed by atoms with Gasteiger partial charge in [0.05, 0.1) is 17.3 Å². The minimum Gasteiger partial charge on any atom is -0.497 e. The van der Waals surface area contributed by atoms with Gasteiger partial charge in [-0.05, 0) is 42.5 Å². The second kappa shape index (κ2) is 7.59. The van der Waals surface area contributed by atoms with Crippen molar-refractivity contribution in [2.24, 2.45) is 0 Å². The molecule has 27 heavy (non-hydrogen) atoms. The number of fused-ring (bicyclic) bond motifs is 1. The van der Waals surface area contributed by atoms with E-state index in [0.717, 1.165) is 20.9 Å². The summed E-state index contributed by atoms with van der Waals surface area (Å²) in [6.45, 7) is 0. The molecule has 2 aromatic heterocycles. The first-order valence-electron chi connectivity index (χ1n) is 7.88. The highest BCUT2D eigenvalue weighted by Crippen LogP contribution is 2.36. The average Bonchev–Trinajstić information content (AvgIpc) is 3.08. The van der Waals surface area contributed by atoms with E-state index >= 15 is 0 Å². The summed E-state index contributed by atoms with van der Waals surface area (Å²) in [6, 6.07) is 13.2. The molecule has 4 aromatic rings. The zero-order valence-corrected chi connectivity index (χ0v) is 16.5. The fourth-order valence-electron chi connectivity index (χ4n) is 2.36. The molecule has 0 aliphatic carbocycles. The van der Waals surface area contributed by atoms with E-state index in [1.165, 1.54) is 29.4 Å². The smallest absolute Gasteiger partial charge is 0.189 e. The quantitative estimate of drug-likeness (QED) is 0.432. The van der Waals surface area contributed by atoms with Gasteiger partial charge < -0.3 is 15.8 Å². The Bertz CT molecular complexity index is 1100. The van der Waals surface area contributed by atoms with Crippen LogP contribution in [0, 0.1) is 0 Å². The molecule has 3 N–H and O–H groups in total. The van der Waals surface area contributed by atoms with Crippen molar-refractivity contribution >= 4 is 61.6 Å². The molecule has 0 unspecified atom stereocenters. The number of hydrogen-bond donors (Lipinski definition) is 2. The molecule has 9 heteroatoms. The summed E-state index contributed by atoms with van der Waals surface area (Å²) >= 11 is 8.88. The summed E-state index contributed by atoms with van der Waals surface area (Å²) in [6.07, 6.45) is 1.48. The highest BCUT2D eigenvalue weighted by atomic mass is 35.5. The lowest BCUT2D eigenvalue weighted by Crippen LogP contribution is -2.02. The van der Waals surface area contributed by atoms with E-state index in [2.05, 4.69) is 20.3 Å². The number of methoxy groups -OCH3 is 1. The van der Waals surface area contributed by atoms with Gasteiger partial charge in [0.15, 0.2) is 10.9 Å². The molecular weight excluding hydrogens is 402 g/mol. The third kappa shape index (κ3) is 3.92. The molecule has 0 radical (unpaired) electrons. The van der Waals surface area contributed by atoms with Crippen molar-refractivity contribution in [3.8, 4) is 5.75 Å². The molecule has 0 saturated carbocycles. The Balaban J connectivity index is 1.59. The molecular formula is C18H14ClN5OS2. The summed E-state index contributed by atoms with van der Waals surface area (Å²) < 4.78 is 6.27. The van der Waals surface area contributed by atoms with Gasteiger partial charge in [0.1, 0.15) is 22.8 Å². The molecule has 0 atom stereocenters. The van der Waals surface area contributed by atoms with Gasteiger partial charge in [-0.2, -0.15) is 0 Å². The van der Waals surface area contributed by atoms with E-state index < -0.39 is 0 Å². The predicted octanol–water partition coefficient (Wildman–Crippen LogP) is 5.23. The number of benzene rings is 2. The number of nitrogens with two attached hydrogens (primary N) is 1. The molecule has 2 aromatic carbocycles. The fraction of sp³-hybridized carbons (Fsp3) is 0.0556. The van der Waals surface area contributed by atoms with E-state index in [9.17, 15) is 0 Å². The summed E-state index contributed by atoms with van der Waals surface area (Å²) in [7, 11) is 1.64. The third-order valence-electron chi connectivity index (χ3n) is 3.70. The first kappa shape index (κ1) is 17.8. The number of thiazole rings is 1. The number of halogens is 1. The first-order valence-corrected chi connectivity index (χ1v) is 9.89. The topological polar surface area (TPSA) is 86.0 Å². The van der Waals surface area contributed by atoms with Crippen LogP contribution in [0.2, 0.25) is 5.02 Å². The molecule has 2 heterocycles. The van der Waals surface area contributed by atoms with Gasteiger partial charge in [-0.1, -0.05) is 34.7 Å². The van der Waals surface area contributed by atoms with Crippen LogP contribution in [-0.4, -0.2) is 22.1 Å². The van der Waals surface area contributed by atoms with Gasteiger partial charge in [0.25, 0.3) is 0 Å². The zero-order valence-electron chi connectivity index (χ0n) is 14.1. The van der Waals surface area contributed by atoms with Crippen LogP contribution in [0.4, 0.5) is 16.6 Å². The van der Waals surface area contributed by atoms with Gasteiger partial charge in [0.2, 0.25) is 0 Å². The van der Waals surface area contributed by atoms with Crippen molar-refractivity contribution in [1.29, 1.82) is 0 Å². The first-order chi connectivity index (χ1) is 13.1. The zero-order chi connectivity index (χ0) is 18.8. The van der Waals surface area contributed by atoms with Crippen LogP contribution in [0.5, 0.6) is 5.75 Å². The number of rotatable bonds is 5. The largest absolute Gasteiger partial charge is 0.497 e.